The van der Waals surface area contributed by atoms with E-state index in [4.69, 9.17) is 0 Å². The van der Waals surface area contributed by atoms with Crippen molar-refractivity contribution < 1.29 is 8.42 Å². The van der Waals surface area contributed by atoms with Crippen LogP contribution in [0.3, 0.4) is 0 Å². The van der Waals surface area contributed by atoms with Crippen LogP contribution in [0, 0.1) is 0 Å². The van der Waals surface area contributed by atoms with Crippen molar-refractivity contribution in [2.75, 3.05) is 37.3 Å². The quantitative estimate of drug-likeness (QED) is 0.876. The first-order valence-electron chi connectivity index (χ1n) is 5.54. The first-order chi connectivity index (χ1) is 8.06. The van der Waals surface area contributed by atoms with Gasteiger partial charge in [0.2, 0.25) is 0 Å². The van der Waals surface area contributed by atoms with Crippen LogP contribution in [0.25, 0.3) is 4.72 Å². The number of nitrogens with zero attached hydrogens (tertiary/aromatic N) is 2. The average molecular weight is 254 g/mol. The van der Waals surface area contributed by atoms with Crippen LogP contribution < -0.4 is 10.2 Å². The number of sulfonamides is 1. The number of benzene rings is 1. The molecule has 1 aromatic carbocycles. The summed E-state index contributed by atoms with van der Waals surface area (Å²) >= 11 is 0. The van der Waals surface area contributed by atoms with Crippen molar-refractivity contribution in [1.29, 1.82) is 0 Å². The van der Waals surface area contributed by atoms with Gasteiger partial charge in [-0.3, -0.25) is 0 Å². The van der Waals surface area contributed by atoms with Crippen LogP contribution >= 0.6 is 0 Å². The van der Waals surface area contributed by atoms with Crippen molar-refractivity contribution in [2.45, 2.75) is 0 Å². The van der Waals surface area contributed by atoms with Crippen molar-refractivity contribution in [1.82, 2.24) is 5.32 Å². The molecule has 0 spiro atoms. The molecule has 0 radical (unpaired) electrons. The van der Waals surface area contributed by atoms with Gasteiger partial charge in [0, 0.05) is 38.1 Å². The van der Waals surface area contributed by atoms with E-state index in [1.165, 1.54) is 0 Å². The van der Waals surface area contributed by atoms with Gasteiger partial charge in [0.15, 0.2) is 0 Å². The molecule has 0 amide bonds. The number of piperazine rings is 1. The van der Waals surface area contributed by atoms with Gasteiger partial charge in [-0.25, -0.2) is 8.42 Å². The topological polar surface area (TPSA) is 63.5 Å². The van der Waals surface area contributed by atoms with E-state index in [0.29, 0.717) is 5.69 Å². The van der Waals surface area contributed by atoms with E-state index >= 15 is 0 Å². The largest absolute Gasteiger partial charge is 0.575 e. The van der Waals surface area contributed by atoms with Gasteiger partial charge in [-0.15, -0.1) is 5.69 Å². The molecular weight excluding hydrogens is 238 g/mol. The van der Waals surface area contributed by atoms with Gasteiger partial charge in [0.25, 0.3) is 0 Å². The van der Waals surface area contributed by atoms with Crippen LogP contribution in [-0.4, -0.2) is 40.9 Å². The minimum absolute atomic E-state index is 0.525. The lowest BCUT2D eigenvalue weighted by molar-refractivity contribution is 0.589. The Bertz CT molecular complexity index is 481. The van der Waals surface area contributed by atoms with Crippen molar-refractivity contribution in [3.63, 3.8) is 0 Å². The molecule has 2 rings (SSSR count). The van der Waals surface area contributed by atoms with Crippen LogP contribution in [0.15, 0.2) is 24.3 Å². The number of para-hydroxylation sites is 1. The van der Waals surface area contributed by atoms with Crippen LogP contribution in [0.1, 0.15) is 0 Å². The zero-order chi connectivity index (χ0) is 12.3. The van der Waals surface area contributed by atoms with E-state index in [-0.39, 0.29) is 0 Å². The van der Waals surface area contributed by atoms with Gasteiger partial charge in [-0.2, -0.15) is 0 Å². The third kappa shape index (κ3) is 3.34. The SMILES string of the molecule is CS(=O)(=O)[N-]c1ccccc1N1CCNCC1. The minimum Gasteiger partial charge on any atom is -0.575 e. The molecule has 0 bridgehead atoms. The molecule has 0 aliphatic carbocycles. The highest BCUT2D eigenvalue weighted by atomic mass is 32.2. The Balaban J connectivity index is 2.26. The molecule has 1 N–H and O–H groups in total. The fraction of sp³-hybridized carbons (Fsp3) is 0.455. The van der Waals surface area contributed by atoms with E-state index in [0.717, 1.165) is 38.1 Å². The van der Waals surface area contributed by atoms with E-state index in [9.17, 15) is 8.42 Å². The Hall–Kier alpha value is -1.27. The molecule has 1 aliphatic rings. The zero-order valence-electron chi connectivity index (χ0n) is 9.76. The van der Waals surface area contributed by atoms with E-state index in [1.54, 1.807) is 12.1 Å². The smallest absolute Gasteiger partial charge is 0.0909 e. The van der Waals surface area contributed by atoms with Gasteiger partial charge in [0.1, 0.15) is 0 Å². The Kier molecular flexibility index (Phi) is 3.54. The van der Waals surface area contributed by atoms with E-state index in [2.05, 4.69) is 14.9 Å². The van der Waals surface area contributed by atoms with Crippen molar-refractivity contribution >= 4 is 21.4 Å². The zero-order valence-corrected chi connectivity index (χ0v) is 10.6. The lowest BCUT2D eigenvalue weighted by atomic mass is 10.2. The number of hydrogen-bond donors (Lipinski definition) is 1. The molecule has 1 saturated heterocycles. The summed E-state index contributed by atoms with van der Waals surface area (Å²) in [7, 11) is -3.36. The lowest BCUT2D eigenvalue weighted by Gasteiger charge is -2.34. The molecule has 6 heteroatoms. The van der Waals surface area contributed by atoms with Gasteiger partial charge in [-0.1, -0.05) is 18.2 Å². The first-order valence-corrected chi connectivity index (χ1v) is 7.39. The normalized spacial score (nSPS) is 16.9. The second kappa shape index (κ2) is 4.93. The highest BCUT2D eigenvalue weighted by Gasteiger charge is 2.10. The van der Waals surface area contributed by atoms with Crippen molar-refractivity contribution in [3.8, 4) is 0 Å². The summed E-state index contributed by atoms with van der Waals surface area (Å²) in [6, 6.07) is 7.35. The lowest BCUT2D eigenvalue weighted by Crippen LogP contribution is -2.43. The maximum absolute atomic E-state index is 11.2. The third-order valence-corrected chi connectivity index (χ3v) is 3.13. The highest BCUT2D eigenvalue weighted by molar-refractivity contribution is 7.93. The molecule has 0 aromatic heterocycles. The van der Waals surface area contributed by atoms with E-state index < -0.39 is 10.0 Å². The van der Waals surface area contributed by atoms with Gasteiger partial charge < -0.3 is 14.9 Å². The Labute approximate surface area is 102 Å². The minimum atomic E-state index is -3.36. The van der Waals surface area contributed by atoms with Crippen LogP contribution in [-0.2, 0) is 10.0 Å². The molecule has 0 atom stereocenters. The number of rotatable bonds is 3. The molecule has 1 fully saturated rings. The summed E-state index contributed by atoms with van der Waals surface area (Å²) in [6.07, 6.45) is 1.11. The third-order valence-electron chi connectivity index (χ3n) is 2.60. The standard InChI is InChI=1S/C11H16N3O2S/c1-17(15,16)13-10-4-2-3-5-11(10)14-8-6-12-7-9-14/h2-5,12H,6-9H2,1H3/q-1. The summed E-state index contributed by atoms with van der Waals surface area (Å²) in [6.45, 7) is 3.56. The number of nitrogens with one attached hydrogen (secondary N) is 1. The molecule has 1 heterocycles. The summed E-state index contributed by atoms with van der Waals surface area (Å²) in [5, 5.41) is 3.26. The van der Waals surface area contributed by atoms with Gasteiger partial charge in [0.05, 0.1) is 10.0 Å². The number of anilines is 1. The summed E-state index contributed by atoms with van der Waals surface area (Å²) in [5.74, 6) is 0. The Morgan fingerprint density at radius 2 is 1.88 bits per heavy atom. The van der Waals surface area contributed by atoms with Gasteiger partial charge >= 0.3 is 0 Å². The molecule has 0 saturated carbocycles. The molecule has 5 nitrogen and oxygen atoms in total. The van der Waals surface area contributed by atoms with Crippen LogP contribution in [0.5, 0.6) is 0 Å². The fourth-order valence-corrected chi connectivity index (χ4v) is 2.40. The predicted octanol–water partition coefficient (Wildman–Crippen LogP) is 1.06. The molecule has 17 heavy (non-hydrogen) atoms. The van der Waals surface area contributed by atoms with Crippen molar-refractivity contribution in [2.24, 2.45) is 0 Å². The monoisotopic (exact) mass is 254 g/mol. The first kappa shape index (κ1) is 12.2. The second-order valence-corrected chi connectivity index (χ2v) is 5.70. The van der Waals surface area contributed by atoms with Gasteiger partial charge in [-0.05, 0) is 6.07 Å². The van der Waals surface area contributed by atoms with Crippen molar-refractivity contribution in [3.05, 3.63) is 29.0 Å². The molecule has 1 aliphatic heterocycles. The molecule has 1 aromatic rings. The molecular formula is C11H16N3O2S-. The second-order valence-electron chi connectivity index (χ2n) is 4.05. The maximum atomic E-state index is 11.2. The van der Waals surface area contributed by atoms with E-state index in [1.807, 2.05) is 12.1 Å². The summed E-state index contributed by atoms with van der Waals surface area (Å²) < 4.78 is 26.3. The predicted molar refractivity (Wildman–Crippen MR) is 69.4 cm³/mol. The Morgan fingerprint density at radius 1 is 1.24 bits per heavy atom. The summed E-state index contributed by atoms with van der Waals surface area (Å²) in [5.41, 5.74) is 1.41. The fourth-order valence-electron chi connectivity index (χ4n) is 1.89. The Morgan fingerprint density at radius 3 is 2.53 bits per heavy atom. The van der Waals surface area contributed by atoms with Crippen LogP contribution in [0.4, 0.5) is 11.4 Å². The molecule has 0 unspecified atom stereocenters. The van der Waals surface area contributed by atoms with Crippen LogP contribution in [0.2, 0.25) is 0 Å². The average Bonchev–Trinajstić information content (AvgIpc) is 2.29. The summed E-state index contributed by atoms with van der Waals surface area (Å²) in [4.78, 5) is 2.15. The maximum Gasteiger partial charge on any atom is 0.0909 e. The highest BCUT2D eigenvalue weighted by Crippen LogP contribution is 2.33. The molecule has 94 valence electrons. The number of hydrogen-bond acceptors (Lipinski definition) is 4.